The van der Waals surface area contributed by atoms with Gasteiger partial charge in [0, 0.05) is 7.11 Å². The molecule has 0 aliphatic heterocycles. The fraction of sp³-hybridized carbons (Fsp3) is 0.611. The van der Waals surface area contributed by atoms with Crippen LogP contribution in [-0.2, 0) is 9.53 Å². The van der Waals surface area contributed by atoms with Gasteiger partial charge in [-0.15, -0.1) is 0 Å². The van der Waals surface area contributed by atoms with Gasteiger partial charge in [0.2, 0.25) is 5.91 Å². The molecule has 0 aliphatic rings. The van der Waals surface area contributed by atoms with E-state index in [1.54, 1.807) is 37.3 Å². The number of hydrogen-bond donors (Lipinski definition) is 2. The van der Waals surface area contributed by atoms with Gasteiger partial charge < -0.3 is 15.2 Å². The van der Waals surface area contributed by atoms with Gasteiger partial charge in [-0.1, -0.05) is 50.1 Å². The molecule has 0 aliphatic carbocycles. The van der Waals surface area contributed by atoms with Gasteiger partial charge in [-0.05, 0) is 18.9 Å². The van der Waals surface area contributed by atoms with Gasteiger partial charge in [-0.25, -0.2) is 0 Å². The number of carbonyl (C=O) groups is 1. The normalized spacial score (nSPS) is 16.8. The fourth-order valence-corrected chi connectivity index (χ4v) is 2.63. The van der Waals surface area contributed by atoms with E-state index >= 15 is 0 Å². The van der Waals surface area contributed by atoms with Crippen molar-refractivity contribution >= 4 is 5.91 Å². The molecule has 0 heterocycles. The molecule has 4 nitrogen and oxygen atoms in total. The van der Waals surface area contributed by atoms with Crippen molar-refractivity contribution in [2.45, 2.75) is 51.4 Å². The molecule has 0 fully saturated rings. The highest BCUT2D eigenvalue weighted by atomic mass is 19.4. The molecule has 0 spiro atoms. The number of halogens is 3. The summed E-state index contributed by atoms with van der Waals surface area (Å²) in [7, 11) is 1.38. The Morgan fingerprint density at radius 1 is 1.28 bits per heavy atom. The number of ether oxygens (including phenoxy) is 1. The summed E-state index contributed by atoms with van der Waals surface area (Å²) in [6.07, 6.45) is -4.91. The smallest absolute Gasteiger partial charge is 0.394 e. The molecule has 0 radical (unpaired) electrons. The second-order valence-electron chi connectivity index (χ2n) is 6.26. The van der Waals surface area contributed by atoms with Crippen LogP contribution in [0.5, 0.6) is 0 Å². The fourth-order valence-electron chi connectivity index (χ4n) is 2.63. The van der Waals surface area contributed by atoms with Crippen molar-refractivity contribution in [3.63, 3.8) is 0 Å². The molecule has 2 unspecified atom stereocenters. The number of methoxy groups -OCH3 is 1. The Hall–Kier alpha value is -1.60. The van der Waals surface area contributed by atoms with E-state index in [0.29, 0.717) is 12.0 Å². The maximum Gasteiger partial charge on any atom is 0.402 e. The van der Waals surface area contributed by atoms with E-state index in [9.17, 15) is 23.1 Å². The van der Waals surface area contributed by atoms with Crippen LogP contribution in [0.15, 0.2) is 30.3 Å². The molecule has 0 saturated heterocycles. The third kappa shape index (κ3) is 5.19. The van der Waals surface area contributed by atoms with Crippen LogP contribution >= 0.6 is 0 Å². The molecule has 2 N–H and O–H groups in total. The first kappa shape index (κ1) is 21.4. The Balaban J connectivity index is 3.02. The van der Waals surface area contributed by atoms with Crippen molar-refractivity contribution in [2.24, 2.45) is 5.41 Å². The largest absolute Gasteiger partial charge is 0.402 e. The van der Waals surface area contributed by atoms with Crippen molar-refractivity contribution in [2.75, 3.05) is 13.7 Å². The lowest BCUT2D eigenvalue weighted by Gasteiger charge is -2.34. The van der Waals surface area contributed by atoms with E-state index in [0.717, 1.165) is 6.92 Å². The Morgan fingerprint density at radius 2 is 1.88 bits per heavy atom. The van der Waals surface area contributed by atoms with Crippen molar-refractivity contribution in [1.29, 1.82) is 0 Å². The van der Waals surface area contributed by atoms with Crippen LogP contribution in [0, 0.1) is 5.41 Å². The number of amides is 1. The zero-order valence-corrected chi connectivity index (χ0v) is 14.8. The number of alkyl halides is 3. The summed E-state index contributed by atoms with van der Waals surface area (Å²) in [5.41, 5.74) is -1.85. The van der Waals surface area contributed by atoms with Crippen LogP contribution in [-0.4, -0.2) is 36.9 Å². The lowest BCUT2D eigenvalue weighted by atomic mass is 9.82. The van der Waals surface area contributed by atoms with E-state index in [2.05, 4.69) is 5.32 Å². The molecular weight excluding hydrogens is 335 g/mol. The highest BCUT2D eigenvalue weighted by molar-refractivity contribution is 5.83. The van der Waals surface area contributed by atoms with Crippen LogP contribution in [0.1, 0.15) is 44.8 Å². The number of carbonyl (C=O) groups excluding carboxylic acids is 1. The molecule has 1 amide bonds. The number of benzene rings is 1. The number of nitrogens with one attached hydrogen (secondary N) is 1. The SMILES string of the molecule is CCCC[C@@](C)(C(=O)NC(CO)C(OC)c1ccccc1)C(F)(F)F. The topological polar surface area (TPSA) is 58.6 Å². The first-order chi connectivity index (χ1) is 11.7. The lowest BCUT2D eigenvalue weighted by molar-refractivity contribution is -0.219. The number of aliphatic hydroxyl groups is 1. The van der Waals surface area contributed by atoms with Crippen molar-refractivity contribution in [3.05, 3.63) is 35.9 Å². The maximum absolute atomic E-state index is 13.5. The molecule has 1 aromatic carbocycles. The van der Waals surface area contributed by atoms with Crippen LogP contribution in [0.25, 0.3) is 0 Å². The monoisotopic (exact) mass is 361 g/mol. The van der Waals surface area contributed by atoms with Gasteiger partial charge in [0.1, 0.15) is 11.5 Å². The number of unbranched alkanes of at least 4 members (excludes halogenated alkanes) is 1. The third-order valence-corrected chi connectivity index (χ3v) is 4.42. The van der Waals surface area contributed by atoms with Crippen LogP contribution in [0.2, 0.25) is 0 Å². The molecule has 1 rings (SSSR count). The Labute approximate surface area is 146 Å². The average molecular weight is 361 g/mol. The first-order valence-electron chi connectivity index (χ1n) is 8.27. The summed E-state index contributed by atoms with van der Waals surface area (Å²) in [4.78, 5) is 12.4. The molecule has 0 aromatic heterocycles. The summed E-state index contributed by atoms with van der Waals surface area (Å²) in [6, 6.07) is 7.75. The quantitative estimate of drug-likeness (QED) is 0.706. The van der Waals surface area contributed by atoms with Gasteiger partial charge in [-0.3, -0.25) is 4.79 Å². The Kier molecular flexibility index (Phi) is 7.89. The number of aliphatic hydroxyl groups excluding tert-OH is 1. The van der Waals surface area contributed by atoms with Gasteiger partial charge in [0.05, 0.1) is 12.6 Å². The standard InChI is InChI=1S/C18H26F3NO3/c1-4-5-11-17(2,18(19,20)21)16(24)22-14(12-23)15(25-3)13-9-7-6-8-10-13/h6-10,14-15,23H,4-5,11-12H2,1-3H3,(H,22,24)/t14?,15?,17-/m0/s1. The molecule has 0 bridgehead atoms. The van der Waals surface area contributed by atoms with Crippen molar-refractivity contribution in [1.82, 2.24) is 5.32 Å². The number of hydrogen-bond acceptors (Lipinski definition) is 3. The highest BCUT2D eigenvalue weighted by Gasteiger charge is 2.56. The second-order valence-corrected chi connectivity index (χ2v) is 6.26. The molecule has 7 heteroatoms. The zero-order chi connectivity index (χ0) is 19.1. The predicted octanol–water partition coefficient (Wildman–Crippen LogP) is 3.61. The summed E-state index contributed by atoms with van der Waals surface area (Å²) in [5, 5.41) is 11.9. The van der Waals surface area contributed by atoms with Crippen molar-refractivity contribution in [3.8, 4) is 0 Å². The summed E-state index contributed by atoms with van der Waals surface area (Å²) in [5.74, 6) is -1.15. The predicted molar refractivity (Wildman–Crippen MR) is 88.9 cm³/mol. The molecule has 0 saturated carbocycles. The minimum absolute atomic E-state index is 0.277. The number of rotatable bonds is 9. The van der Waals surface area contributed by atoms with Crippen LogP contribution in [0.4, 0.5) is 13.2 Å². The van der Waals surface area contributed by atoms with E-state index in [1.807, 2.05) is 0 Å². The third-order valence-electron chi connectivity index (χ3n) is 4.42. The average Bonchev–Trinajstić information content (AvgIpc) is 2.59. The van der Waals surface area contributed by atoms with Gasteiger partial charge >= 0.3 is 6.18 Å². The zero-order valence-electron chi connectivity index (χ0n) is 14.8. The van der Waals surface area contributed by atoms with Crippen molar-refractivity contribution < 1.29 is 27.8 Å². The van der Waals surface area contributed by atoms with Gasteiger partial charge in [0.15, 0.2) is 0 Å². The second kappa shape index (κ2) is 9.20. The lowest BCUT2D eigenvalue weighted by Crippen LogP contribution is -2.53. The summed E-state index contributed by atoms with van der Waals surface area (Å²) in [6.45, 7) is 2.12. The van der Waals surface area contributed by atoms with Crippen LogP contribution < -0.4 is 5.32 Å². The molecule has 25 heavy (non-hydrogen) atoms. The molecular formula is C18H26F3NO3. The molecule has 142 valence electrons. The van der Waals surface area contributed by atoms with E-state index in [-0.39, 0.29) is 12.8 Å². The highest BCUT2D eigenvalue weighted by Crippen LogP contribution is 2.42. The first-order valence-corrected chi connectivity index (χ1v) is 8.27. The minimum Gasteiger partial charge on any atom is -0.394 e. The van der Waals surface area contributed by atoms with Gasteiger partial charge in [-0.2, -0.15) is 13.2 Å². The van der Waals surface area contributed by atoms with E-state index in [1.165, 1.54) is 7.11 Å². The summed E-state index contributed by atoms with van der Waals surface area (Å²) >= 11 is 0. The van der Waals surface area contributed by atoms with E-state index < -0.39 is 36.3 Å². The molecule has 1 aromatic rings. The Bertz CT molecular complexity index is 536. The Morgan fingerprint density at radius 3 is 2.32 bits per heavy atom. The minimum atomic E-state index is -4.68. The van der Waals surface area contributed by atoms with E-state index in [4.69, 9.17) is 4.74 Å². The summed E-state index contributed by atoms with van der Waals surface area (Å²) < 4.78 is 45.8. The molecule has 3 atom stereocenters. The van der Waals surface area contributed by atoms with Gasteiger partial charge in [0.25, 0.3) is 0 Å². The maximum atomic E-state index is 13.5. The van der Waals surface area contributed by atoms with Crippen LogP contribution in [0.3, 0.4) is 0 Å².